The van der Waals surface area contributed by atoms with Gasteiger partial charge in [-0.05, 0) is 42.2 Å². The minimum atomic E-state index is -0.198. The van der Waals surface area contributed by atoms with Gasteiger partial charge in [0.15, 0.2) is 0 Å². The van der Waals surface area contributed by atoms with Crippen molar-refractivity contribution in [1.82, 2.24) is 5.32 Å². The Balaban J connectivity index is 1.98. The molecule has 2 nitrogen and oxygen atoms in total. The number of benzene rings is 2. The number of hydrogen-bond donors (Lipinski definition) is 1. The van der Waals surface area contributed by atoms with E-state index in [1.807, 2.05) is 30.3 Å². The molecule has 0 aromatic heterocycles. The molecule has 3 heteroatoms. The highest BCUT2D eigenvalue weighted by molar-refractivity contribution is 5.73. The first kappa shape index (κ1) is 13.1. The summed E-state index contributed by atoms with van der Waals surface area (Å²) < 4.78 is 18.9. The highest BCUT2D eigenvalue weighted by Gasteiger charge is 2.21. The van der Waals surface area contributed by atoms with Crippen LogP contribution in [-0.2, 0) is 6.54 Å². The molecule has 1 aliphatic rings. The van der Waals surface area contributed by atoms with Gasteiger partial charge >= 0.3 is 0 Å². The second-order valence-corrected chi connectivity index (χ2v) is 5.16. The zero-order chi connectivity index (χ0) is 13.9. The van der Waals surface area contributed by atoms with Crippen molar-refractivity contribution < 1.29 is 9.13 Å². The lowest BCUT2D eigenvalue weighted by Gasteiger charge is -2.14. The van der Waals surface area contributed by atoms with Gasteiger partial charge in [0, 0.05) is 18.2 Å². The minimum Gasteiger partial charge on any atom is -0.496 e. The normalized spacial score (nSPS) is 14.3. The predicted octanol–water partition coefficient (Wildman–Crippen LogP) is 3.75. The van der Waals surface area contributed by atoms with Crippen LogP contribution in [0.4, 0.5) is 4.39 Å². The molecular formula is C17H18FNO. The Kier molecular flexibility index (Phi) is 3.70. The van der Waals surface area contributed by atoms with Gasteiger partial charge in [0.2, 0.25) is 0 Å². The highest BCUT2D eigenvalue weighted by Crippen LogP contribution is 2.33. The van der Waals surface area contributed by atoms with Gasteiger partial charge in [-0.25, -0.2) is 4.39 Å². The molecule has 0 spiro atoms. The molecule has 0 unspecified atom stereocenters. The van der Waals surface area contributed by atoms with E-state index < -0.39 is 0 Å². The fourth-order valence-electron chi connectivity index (χ4n) is 2.38. The van der Waals surface area contributed by atoms with E-state index >= 15 is 0 Å². The number of ether oxygens (including phenoxy) is 1. The zero-order valence-corrected chi connectivity index (χ0v) is 11.5. The Morgan fingerprint density at radius 3 is 2.70 bits per heavy atom. The first-order valence-electron chi connectivity index (χ1n) is 6.93. The third-order valence-electron chi connectivity index (χ3n) is 3.62. The third kappa shape index (κ3) is 2.83. The van der Waals surface area contributed by atoms with Crippen molar-refractivity contribution in [2.75, 3.05) is 7.11 Å². The molecule has 0 aliphatic heterocycles. The van der Waals surface area contributed by atoms with Crippen molar-refractivity contribution >= 4 is 0 Å². The van der Waals surface area contributed by atoms with E-state index in [2.05, 4.69) is 5.32 Å². The Morgan fingerprint density at radius 2 is 1.95 bits per heavy atom. The fourth-order valence-corrected chi connectivity index (χ4v) is 2.38. The zero-order valence-electron chi connectivity index (χ0n) is 11.5. The molecule has 2 aromatic rings. The van der Waals surface area contributed by atoms with Crippen molar-refractivity contribution in [3.8, 4) is 16.9 Å². The van der Waals surface area contributed by atoms with E-state index in [-0.39, 0.29) is 5.82 Å². The lowest BCUT2D eigenvalue weighted by Crippen LogP contribution is -2.16. The van der Waals surface area contributed by atoms with E-state index in [0.29, 0.717) is 12.6 Å². The molecule has 1 saturated carbocycles. The first-order valence-corrected chi connectivity index (χ1v) is 6.93. The summed E-state index contributed by atoms with van der Waals surface area (Å²) in [5.41, 5.74) is 3.00. The summed E-state index contributed by atoms with van der Waals surface area (Å²) in [5.74, 6) is 0.614. The van der Waals surface area contributed by atoms with Crippen LogP contribution < -0.4 is 10.1 Å². The van der Waals surface area contributed by atoms with E-state index in [0.717, 1.165) is 22.4 Å². The summed E-state index contributed by atoms with van der Waals surface area (Å²) in [7, 11) is 1.66. The van der Waals surface area contributed by atoms with Gasteiger partial charge in [-0.1, -0.05) is 24.3 Å². The molecule has 0 bridgehead atoms. The molecule has 2 aromatic carbocycles. The van der Waals surface area contributed by atoms with Crippen molar-refractivity contribution in [1.29, 1.82) is 0 Å². The molecule has 0 saturated heterocycles. The van der Waals surface area contributed by atoms with Crippen LogP contribution in [0.25, 0.3) is 11.1 Å². The number of rotatable bonds is 5. The smallest absolute Gasteiger partial charge is 0.126 e. The van der Waals surface area contributed by atoms with Crippen LogP contribution in [0.15, 0.2) is 42.5 Å². The monoisotopic (exact) mass is 271 g/mol. The molecule has 0 amide bonds. The molecule has 0 heterocycles. The molecule has 1 aliphatic carbocycles. The minimum absolute atomic E-state index is 0.198. The van der Waals surface area contributed by atoms with Gasteiger partial charge < -0.3 is 10.1 Å². The van der Waals surface area contributed by atoms with Gasteiger partial charge in [0.25, 0.3) is 0 Å². The van der Waals surface area contributed by atoms with Crippen LogP contribution in [0.3, 0.4) is 0 Å². The van der Waals surface area contributed by atoms with Gasteiger partial charge in [-0.2, -0.15) is 0 Å². The van der Waals surface area contributed by atoms with Gasteiger partial charge in [0.05, 0.1) is 7.11 Å². The van der Waals surface area contributed by atoms with E-state index in [1.165, 1.54) is 18.9 Å². The summed E-state index contributed by atoms with van der Waals surface area (Å²) in [6.07, 6.45) is 2.44. The highest BCUT2D eigenvalue weighted by atomic mass is 19.1. The Bertz CT molecular complexity index is 608. The molecule has 104 valence electrons. The van der Waals surface area contributed by atoms with E-state index in [4.69, 9.17) is 4.74 Å². The number of para-hydroxylation sites is 1. The van der Waals surface area contributed by atoms with Crippen LogP contribution in [0.5, 0.6) is 5.75 Å². The number of hydrogen-bond acceptors (Lipinski definition) is 2. The largest absolute Gasteiger partial charge is 0.496 e. The summed E-state index contributed by atoms with van der Waals surface area (Å²) in [6, 6.07) is 13.4. The molecule has 3 rings (SSSR count). The third-order valence-corrected chi connectivity index (χ3v) is 3.62. The predicted molar refractivity (Wildman–Crippen MR) is 78.2 cm³/mol. The fraction of sp³-hybridized carbons (Fsp3) is 0.294. The van der Waals surface area contributed by atoms with E-state index in [1.54, 1.807) is 13.2 Å². The average molecular weight is 271 g/mol. The van der Waals surface area contributed by atoms with Crippen LogP contribution in [0.2, 0.25) is 0 Å². The van der Waals surface area contributed by atoms with Crippen molar-refractivity contribution in [2.45, 2.75) is 25.4 Å². The molecule has 1 N–H and O–H groups in total. The van der Waals surface area contributed by atoms with Crippen molar-refractivity contribution in [2.24, 2.45) is 0 Å². The summed E-state index contributed by atoms with van der Waals surface area (Å²) in [5, 5.41) is 3.44. The molecule has 1 fully saturated rings. The second-order valence-electron chi connectivity index (χ2n) is 5.16. The number of halogens is 1. The molecule has 0 radical (unpaired) electrons. The van der Waals surface area contributed by atoms with Crippen LogP contribution in [0, 0.1) is 5.82 Å². The summed E-state index contributed by atoms with van der Waals surface area (Å²) in [4.78, 5) is 0. The SMILES string of the molecule is COc1ccccc1-c1ccc(F)cc1CNC1CC1. The number of methoxy groups -OCH3 is 1. The Hall–Kier alpha value is -1.87. The maximum absolute atomic E-state index is 13.5. The lowest BCUT2D eigenvalue weighted by atomic mass is 9.98. The van der Waals surface area contributed by atoms with Gasteiger partial charge in [-0.15, -0.1) is 0 Å². The molecule has 20 heavy (non-hydrogen) atoms. The quantitative estimate of drug-likeness (QED) is 0.894. The topological polar surface area (TPSA) is 21.3 Å². The Labute approximate surface area is 118 Å². The standard InChI is InChI=1S/C17H18FNO/c1-20-17-5-3-2-4-16(17)15-9-6-13(18)10-12(15)11-19-14-7-8-14/h2-6,9-10,14,19H,7-8,11H2,1H3. The number of nitrogens with one attached hydrogen (secondary N) is 1. The lowest BCUT2D eigenvalue weighted by molar-refractivity contribution is 0.416. The van der Waals surface area contributed by atoms with Crippen molar-refractivity contribution in [3.63, 3.8) is 0 Å². The molecular weight excluding hydrogens is 253 g/mol. The molecule has 0 atom stereocenters. The van der Waals surface area contributed by atoms with Crippen LogP contribution in [0.1, 0.15) is 18.4 Å². The van der Waals surface area contributed by atoms with Gasteiger partial charge in [-0.3, -0.25) is 0 Å². The maximum atomic E-state index is 13.5. The Morgan fingerprint density at radius 1 is 1.15 bits per heavy atom. The van der Waals surface area contributed by atoms with Crippen LogP contribution in [-0.4, -0.2) is 13.2 Å². The van der Waals surface area contributed by atoms with E-state index in [9.17, 15) is 4.39 Å². The first-order chi connectivity index (χ1) is 9.78. The average Bonchev–Trinajstić information content (AvgIpc) is 3.29. The maximum Gasteiger partial charge on any atom is 0.126 e. The van der Waals surface area contributed by atoms with Crippen molar-refractivity contribution in [3.05, 3.63) is 53.8 Å². The van der Waals surface area contributed by atoms with Crippen LogP contribution >= 0.6 is 0 Å². The summed E-state index contributed by atoms with van der Waals surface area (Å²) in [6.45, 7) is 0.690. The second kappa shape index (κ2) is 5.63. The van der Waals surface area contributed by atoms with Gasteiger partial charge in [0.1, 0.15) is 11.6 Å². The summed E-state index contributed by atoms with van der Waals surface area (Å²) >= 11 is 0.